The minimum atomic E-state index is -1.11. The molecule has 3 N–H and O–H groups in total. The van der Waals surface area contributed by atoms with Crippen LogP contribution in [0.15, 0.2) is 72.8 Å². The van der Waals surface area contributed by atoms with Gasteiger partial charge < -0.3 is 25.8 Å². The highest BCUT2D eigenvalue weighted by molar-refractivity contribution is 5.94. The maximum Gasteiger partial charge on any atom is 0.247 e. The monoisotopic (exact) mass is 663 g/mol. The molecule has 0 bridgehead atoms. The number of aryl methyl sites for hydroxylation is 1. The highest BCUT2D eigenvalue weighted by atomic mass is 19.1. The van der Waals surface area contributed by atoms with Gasteiger partial charge in [-0.25, -0.2) is 13.2 Å². The van der Waals surface area contributed by atoms with Gasteiger partial charge in [-0.15, -0.1) is 0 Å². The first kappa shape index (κ1) is 34.6. The van der Waals surface area contributed by atoms with Crippen molar-refractivity contribution < 1.29 is 32.3 Å². The van der Waals surface area contributed by atoms with Gasteiger partial charge in [-0.2, -0.15) is 0 Å². The molecule has 254 valence electrons. The van der Waals surface area contributed by atoms with E-state index in [-0.39, 0.29) is 30.7 Å². The number of rotatable bonds is 10. The van der Waals surface area contributed by atoms with Crippen LogP contribution in [0.25, 0.3) is 0 Å². The van der Waals surface area contributed by atoms with Crippen LogP contribution in [-0.2, 0) is 25.6 Å². The van der Waals surface area contributed by atoms with Crippen LogP contribution in [0.5, 0.6) is 0 Å². The molecule has 2 fully saturated rings. The van der Waals surface area contributed by atoms with Gasteiger partial charge >= 0.3 is 0 Å². The molecular formula is C36H40F3N5O4. The van der Waals surface area contributed by atoms with E-state index in [1.165, 1.54) is 41.3 Å². The summed E-state index contributed by atoms with van der Waals surface area (Å²) >= 11 is 0. The number of hydrogen-bond acceptors (Lipinski definition) is 5. The number of nitrogens with zero attached hydrogens (tertiary/aromatic N) is 2. The molecule has 3 aromatic rings. The minimum absolute atomic E-state index is 0.0748. The van der Waals surface area contributed by atoms with E-state index in [2.05, 4.69) is 16.0 Å². The molecule has 48 heavy (non-hydrogen) atoms. The van der Waals surface area contributed by atoms with Crippen molar-refractivity contribution in [3.8, 4) is 0 Å². The summed E-state index contributed by atoms with van der Waals surface area (Å²) < 4.78 is 40.9. The molecule has 0 unspecified atom stereocenters. The van der Waals surface area contributed by atoms with Crippen molar-refractivity contribution in [3.05, 3.63) is 107 Å². The van der Waals surface area contributed by atoms with Gasteiger partial charge in [0.2, 0.25) is 23.6 Å². The van der Waals surface area contributed by atoms with Crippen LogP contribution in [-0.4, -0.2) is 77.7 Å². The lowest BCUT2D eigenvalue weighted by atomic mass is 9.98. The first-order valence-corrected chi connectivity index (χ1v) is 16.2. The second kappa shape index (κ2) is 15.5. The Bertz CT molecular complexity index is 1560. The lowest BCUT2D eigenvalue weighted by Gasteiger charge is -2.39. The summed E-state index contributed by atoms with van der Waals surface area (Å²) in [5, 5.41) is 8.65. The van der Waals surface area contributed by atoms with Crippen LogP contribution in [0.2, 0.25) is 0 Å². The number of amides is 4. The molecule has 5 rings (SSSR count). The smallest absolute Gasteiger partial charge is 0.247 e. The molecule has 0 aromatic heterocycles. The fourth-order valence-corrected chi connectivity index (χ4v) is 6.36. The van der Waals surface area contributed by atoms with E-state index in [1.54, 1.807) is 55.3 Å². The quantitative estimate of drug-likeness (QED) is 0.307. The molecule has 2 heterocycles. The summed E-state index contributed by atoms with van der Waals surface area (Å²) in [6.45, 7) is 1.88. The van der Waals surface area contributed by atoms with E-state index in [1.807, 2.05) is 0 Å². The SMILES string of the molecule is CN[C@@H](C)C(=O)N[C@H]1CN(C(=O)CCc2ccc(F)cc2)CC[C@H]2CC[C@@H](C(=O)NC(c3ccc(F)cc3)c3ccc(F)cc3)N2C1=O. The summed E-state index contributed by atoms with van der Waals surface area (Å²) in [5.74, 6) is -2.80. The van der Waals surface area contributed by atoms with E-state index in [4.69, 9.17) is 0 Å². The number of likely N-dealkylation sites (N-methyl/N-ethyl adjacent to an activating group) is 1. The summed E-state index contributed by atoms with van der Waals surface area (Å²) in [7, 11) is 1.62. The zero-order valence-electron chi connectivity index (χ0n) is 26.9. The number of fused-ring (bicyclic) bond motifs is 1. The number of halogens is 3. The average Bonchev–Trinajstić information content (AvgIpc) is 3.51. The summed E-state index contributed by atoms with van der Waals surface area (Å²) in [5.41, 5.74) is 1.95. The van der Waals surface area contributed by atoms with Gasteiger partial charge in [-0.1, -0.05) is 36.4 Å². The summed E-state index contributed by atoms with van der Waals surface area (Å²) in [6, 6.07) is 13.5. The molecule has 0 spiro atoms. The summed E-state index contributed by atoms with van der Waals surface area (Å²) in [4.78, 5) is 57.8. The average molecular weight is 664 g/mol. The maximum absolute atomic E-state index is 14.3. The molecule has 0 radical (unpaired) electrons. The van der Waals surface area contributed by atoms with Gasteiger partial charge in [0.25, 0.3) is 0 Å². The Morgan fingerprint density at radius 2 is 1.40 bits per heavy atom. The Labute approximate surface area is 277 Å². The van der Waals surface area contributed by atoms with Gasteiger partial charge in [-0.05, 0) is 92.7 Å². The second-order valence-electron chi connectivity index (χ2n) is 12.4. The van der Waals surface area contributed by atoms with Gasteiger partial charge in [0.05, 0.1) is 12.1 Å². The van der Waals surface area contributed by atoms with Gasteiger partial charge in [-0.3, -0.25) is 19.2 Å². The van der Waals surface area contributed by atoms with Crippen LogP contribution in [0.1, 0.15) is 55.3 Å². The predicted molar refractivity (Wildman–Crippen MR) is 173 cm³/mol. The standard InChI is InChI=1S/C36H40F3N5O4/c1-22(40-2)34(46)41-30-21-43(32(45)18-5-23-3-10-26(37)11-4-23)20-19-29-16-17-31(44(29)36(30)48)35(47)42-33(24-6-12-27(38)13-7-24)25-8-14-28(39)15-9-25/h3-4,6-15,22,29-31,33,40H,5,16-21H2,1-2H3,(H,41,46)(H,42,47)/t22-,29+,30-,31-/m0/s1. The number of nitrogens with one attached hydrogen (secondary N) is 3. The highest BCUT2D eigenvalue weighted by Gasteiger charge is 2.46. The molecule has 4 amide bonds. The van der Waals surface area contributed by atoms with Gasteiger partial charge in [0, 0.05) is 25.6 Å². The van der Waals surface area contributed by atoms with Crippen molar-refractivity contribution in [1.82, 2.24) is 25.8 Å². The van der Waals surface area contributed by atoms with E-state index in [0.29, 0.717) is 43.4 Å². The molecule has 3 aromatic carbocycles. The van der Waals surface area contributed by atoms with Crippen molar-refractivity contribution in [3.63, 3.8) is 0 Å². The van der Waals surface area contributed by atoms with E-state index in [0.717, 1.165) is 5.56 Å². The third-order valence-electron chi connectivity index (χ3n) is 9.22. The Morgan fingerprint density at radius 3 is 1.96 bits per heavy atom. The highest BCUT2D eigenvalue weighted by Crippen LogP contribution is 2.31. The zero-order valence-corrected chi connectivity index (χ0v) is 26.9. The maximum atomic E-state index is 14.3. The fourth-order valence-electron chi connectivity index (χ4n) is 6.36. The molecule has 0 saturated carbocycles. The lowest BCUT2D eigenvalue weighted by Crippen LogP contribution is -2.62. The normalized spacial score (nSPS) is 20.1. The Balaban J connectivity index is 1.37. The molecule has 0 aliphatic carbocycles. The number of carbonyl (C=O) groups excluding carboxylic acids is 4. The first-order chi connectivity index (χ1) is 23.0. The summed E-state index contributed by atoms with van der Waals surface area (Å²) in [6.07, 6.45) is 1.82. The molecule has 2 aliphatic heterocycles. The Kier molecular flexibility index (Phi) is 11.2. The van der Waals surface area contributed by atoms with Crippen LogP contribution < -0.4 is 16.0 Å². The Hall–Kier alpha value is -4.71. The predicted octanol–water partition coefficient (Wildman–Crippen LogP) is 3.63. The lowest BCUT2D eigenvalue weighted by molar-refractivity contribution is -0.147. The van der Waals surface area contributed by atoms with Gasteiger partial charge in [0.15, 0.2) is 0 Å². The van der Waals surface area contributed by atoms with Gasteiger partial charge in [0.1, 0.15) is 29.5 Å². The van der Waals surface area contributed by atoms with Crippen molar-refractivity contribution in [2.45, 2.75) is 69.2 Å². The van der Waals surface area contributed by atoms with Crippen LogP contribution in [0, 0.1) is 17.5 Å². The van der Waals surface area contributed by atoms with Crippen molar-refractivity contribution in [2.24, 2.45) is 0 Å². The first-order valence-electron chi connectivity index (χ1n) is 16.2. The van der Waals surface area contributed by atoms with Crippen LogP contribution >= 0.6 is 0 Å². The Morgan fingerprint density at radius 1 is 0.833 bits per heavy atom. The molecule has 12 heteroatoms. The number of benzene rings is 3. The molecule has 2 saturated heterocycles. The second-order valence-corrected chi connectivity index (χ2v) is 12.4. The van der Waals surface area contributed by atoms with Crippen molar-refractivity contribution in [2.75, 3.05) is 20.1 Å². The topological polar surface area (TPSA) is 111 Å². The number of carbonyl (C=O) groups is 4. The van der Waals surface area contributed by atoms with E-state index in [9.17, 15) is 32.3 Å². The van der Waals surface area contributed by atoms with Crippen LogP contribution in [0.4, 0.5) is 13.2 Å². The van der Waals surface area contributed by atoms with E-state index < -0.39 is 53.5 Å². The largest absolute Gasteiger partial charge is 0.343 e. The van der Waals surface area contributed by atoms with Crippen molar-refractivity contribution in [1.29, 1.82) is 0 Å². The van der Waals surface area contributed by atoms with Crippen LogP contribution in [0.3, 0.4) is 0 Å². The third kappa shape index (κ3) is 8.22. The van der Waals surface area contributed by atoms with Crippen molar-refractivity contribution >= 4 is 23.6 Å². The molecule has 2 aliphatic rings. The third-order valence-corrected chi connectivity index (χ3v) is 9.22. The minimum Gasteiger partial charge on any atom is -0.343 e. The molecular weight excluding hydrogens is 623 g/mol. The molecule has 9 nitrogen and oxygen atoms in total. The van der Waals surface area contributed by atoms with E-state index >= 15 is 0 Å². The fraction of sp³-hybridized carbons (Fsp3) is 0.389. The number of hydrogen-bond donors (Lipinski definition) is 3. The molecule has 4 atom stereocenters. The zero-order chi connectivity index (χ0) is 34.4.